The minimum atomic E-state index is -1.07. The van der Waals surface area contributed by atoms with Gasteiger partial charge in [-0.2, -0.15) is 0 Å². The van der Waals surface area contributed by atoms with Crippen molar-refractivity contribution in [2.45, 2.75) is 0 Å². The lowest BCUT2D eigenvalue weighted by Gasteiger charge is -1.99. The number of carbonyl (C=O) groups is 2. The zero-order chi connectivity index (χ0) is 12.7. The Labute approximate surface area is 98.7 Å². The summed E-state index contributed by atoms with van der Waals surface area (Å²) in [5, 5.41) is 10.6. The first-order chi connectivity index (χ1) is 8.11. The maximum atomic E-state index is 11.2. The largest absolute Gasteiger partial charge is 0.497 e. The molecule has 90 valence electrons. The van der Waals surface area contributed by atoms with Crippen LogP contribution in [0, 0.1) is 0 Å². The van der Waals surface area contributed by atoms with Crippen LogP contribution >= 0.6 is 0 Å². The Kier molecular flexibility index (Phi) is 4.75. The third-order valence-corrected chi connectivity index (χ3v) is 1.96. The fourth-order valence-corrected chi connectivity index (χ4v) is 1.11. The second kappa shape index (κ2) is 6.32. The van der Waals surface area contributed by atoms with E-state index in [-0.39, 0.29) is 6.54 Å². The average molecular weight is 235 g/mol. The Morgan fingerprint density at radius 2 is 2.00 bits per heavy atom. The molecule has 0 aliphatic rings. The Hall–Kier alpha value is -2.30. The van der Waals surface area contributed by atoms with Crippen molar-refractivity contribution in [1.82, 2.24) is 5.32 Å². The number of methoxy groups -OCH3 is 1. The van der Waals surface area contributed by atoms with Crippen molar-refractivity contribution in [3.8, 4) is 5.75 Å². The van der Waals surface area contributed by atoms with Crippen LogP contribution in [0.3, 0.4) is 0 Å². The molecule has 0 saturated carbocycles. The van der Waals surface area contributed by atoms with Crippen LogP contribution in [-0.4, -0.2) is 30.6 Å². The van der Waals surface area contributed by atoms with E-state index in [1.807, 2.05) is 0 Å². The SMILES string of the molecule is COc1ccc(C=CC(=O)NCC(=O)O)cc1. The third kappa shape index (κ3) is 4.83. The number of amides is 1. The van der Waals surface area contributed by atoms with Gasteiger partial charge in [0.25, 0.3) is 0 Å². The molecule has 1 rings (SSSR count). The van der Waals surface area contributed by atoms with E-state index in [1.54, 1.807) is 37.5 Å². The molecular weight excluding hydrogens is 222 g/mol. The normalized spacial score (nSPS) is 10.2. The molecule has 0 radical (unpaired) electrons. The highest BCUT2D eigenvalue weighted by atomic mass is 16.5. The van der Waals surface area contributed by atoms with Gasteiger partial charge in [0.05, 0.1) is 7.11 Å². The summed E-state index contributed by atoms with van der Waals surface area (Å²) in [6.07, 6.45) is 2.88. The minimum Gasteiger partial charge on any atom is -0.497 e. The van der Waals surface area contributed by atoms with E-state index in [4.69, 9.17) is 9.84 Å². The van der Waals surface area contributed by atoms with Crippen LogP contribution in [0.4, 0.5) is 0 Å². The lowest BCUT2D eigenvalue weighted by Crippen LogP contribution is -2.27. The van der Waals surface area contributed by atoms with Gasteiger partial charge in [-0.25, -0.2) is 0 Å². The predicted octanol–water partition coefficient (Wildman–Crippen LogP) is 0.909. The van der Waals surface area contributed by atoms with Crippen molar-refractivity contribution in [3.63, 3.8) is 0 Å². The molecule has 0 heterocycles. The molecule has 0 bridgehead atoms. The molecule has 17 heavy (non-hydrogen) atoms. The number of carboxylic acid groups (broad SMARTS) is 1. The first kappa shape index (κ1) is 12.8. The summed E-state index contributed by atoms with van der Waals surface area (Å²) in [5.74, 6) is -0.781. The van der Waals surface area contributed by atoms with Gasteiger partial charge in [0, 0.05) is 6.08 Å². The van der Waals surface area contributed by atoms with Crippen molar-refractivity contribution in [3.05, 3.63) is 35.9 Å². The fraction of sp³-hybridized carbons (Fsp3) is 0.167. The average Bonchev–Trinajstić information content (AvgIpc) is 2.34. The van der Waals surface area contributed by atoms with Crippen LogP contribution in [0.2, 0.25) is 0 Å². The monoisotopic (exact) mass is 235 g/mol. The van der Waals surface area contributed by atoms with Crippen molar-refractivity contribution in [2.75, 3.05) is 13.7 Å². The first-order valence-electron chi connectivity index (χ1n) is 4.93. The van der Waals surface area contributed by atoms with Crippen LogP contribution in [0.15, 0.2) is 30.3 Å². The van der Waals surface area contributed by atoms with E-state index in [1.165, 1.54) is 6.08 Å². The van der Waals surface area contributed by atoms with E-state index >= 15 is 0 Å². The number of ether oxygens (including phenoxy) is 1. The molecule has 0 unspecified atom stereocenters. The predicted molar refractivity (Wildman–Crippen MR) is 62.7 cm³/mol. The van der Waals surface area contributed by atoms with Gasteiger partial charge in [-0.3, -0.25) is 9.59 Å². The quantitative estimate of drug-likeness (QED) is 0.744. The minimum absolute atomic E-state index is 0.383. The number of carbonyl (C=O) groups excluding carboxylic acids is 1. The molecule has 0 aliphatic heterocycles. The van der Waals surface area contributed by atoms with Crippen molar-refractivity contribution < 1.29 is 19.4 Å². The van der Waals surface area contributed by atoms with Gasteiger partial charge in [0.2, 0.25) is 5.91 Å². The van der Waals surface area contributed by atoms with Crippen molar-refractivity contribution in [1.29, 1.82) is 0 Å². The van der Waals surface area contributed by atoms with Crippen molar-refractivity contribution in [2.24, 2.45) is 0 Å². The Bertz CT molecular complexity index is 423. The van der Waals surface area contributed by atoms with Gasteiger partial charge in [-0.15, -0.1) is 0 Å². The smallest absolute Gasteiger partial charge is 0.322 e. The summed E-state index contributed by atoms with van der Waals surface area (Å²) in [4.78, 5) is 21.4. The zero-order valence-electron chi connectivity index (χ0n) is 9.34. The maximum Gasteiger partial charge on any atom is 0.322 e. The zero-order valence-corrected chi connectivity index (χ0v) is 9.34. The van der Waals surface area contributed by atoms with E-state index in [0.29, 0.717) is 0 Å². The van der Waals surface area contributed by atoms with Crippen molar-refractivity contribution >= 4 is 18.0 Å². The number of hydrogen-bond acceptors (Lipinski definition) is 3. The highest BCUT2D eigenvalue weighted by molar-refractivity contribution is 5.93. The molecule has 0 aromatic heterocycles. The molecule has 5 nitrogen and oxygen atoms in total. The summed E-state index contributed by atoms with van der Waals surface area (Å²) in [6, 6.07) is 7.13. The summed E-state index contributed by atoms with van der Waals surface area (Å²) >= 11 is 0. The highest BCUT2D eigenvalue weighted by Crippen LogP contribution is 2.11. The van der Waals surface area contributed by atoms with Crippen LogP contribution < -0.4 is 10.1 Å². The van der Waals surface area contributed by atoms with Gasteiger partial charge in [0.15, 0.2) is 0 Å². The molecule has 1 amide bonds. The lowest BCUT2D eigenvalue weighted by molar-refractivity contribution is -0.137. The number of carboxylic acids is 1. The Balaban J connectivity index is 2.51. The van der Waals surface area contributed by atoms with Gasteiger partial charge < -0.3 is 15.2 Å². The van der Waals surface area contributed by atoms with Crippen LogP contribution in [0.25, 0.3) is 6.08 Å². The van der Waals surface area contributed by atoms with E-state index in [2.05, 4.69) is 5.32 Å². The maximum absolute atomic E-state index is 11.2. The van der Waals surface area contributed by atoms with Gasteiger partial charge in [0.1, 0.15) is 12.3 Å². The Morgan fingerprint density at radius 3 is 2.53 bits per heavy atom. The summed E-state index contributed by atoms with van der Waals surface area (Å²) in [6.45, 7) is -0.383. The number of rotatable bonds is 5. The lowest BCUT2D eigenvalue weighted by atomic mass is 10.2. The standard InChI is InChI=1S/C12H13NO4/c1-17-10-5-2-9(3-6-10)4-7-11(14)13-8-12(15)16/h2-7H,8H2,1H3,(H,13,14)(H,15,16). The molecule has 0 spiro atoms. The van der Waals surface area contributed by atoms with Crippen LogP contribution in [-0.2, 0) is 9.59 Å². The molecule has 1 aromatic carbocycles. The van der Waals surface area contributed by atoms with Gasteiger partial charge in [-0.05, 0) is 23.8 Å². The molecule has 0 fully saturated rings. The summed E-state index contributed by atoms with van der Waals surface area (Å²) in [5.41, 5.74) is 0.830. The van der Waals surface area contributed by atoms with E-state index in [0.717, 1.165) is 11.3 Å². The van der Waals surface area contributed by atoms with Gasteiger partial charge >= 0.3 is 5.97 Å². The fourth-order valence-electron chi connectivity index (χ4n) is 1.11. The molecule has 5 heteroatoms. The molecule has 2 N–H and O–H groups in total. The molecule has 0 atom stereocenters. The van der Waals surface area contributed by atoms with Crippen LogP contribution in [0.5, 0.6) is 5.75 Å². The second-order valence-electron chi connectivity index (χ2n) is 3.22. The molecular formula is C12H13NO4. The molecule has 0 aliphatic carbocycles. The molecule has 0 saturated heterocycles. The third-order valence-electron chi connectivity index (χ3n) is 1.96. The Morgan fingerprint density at radius 1 is 1.35 bits per heavy atom. The van der Waals surface area contributed by atoms with Gasteiger partial charge in [-0.1, -0.05) is 12.1 Å². The number of benzene rings is 1. The number of nitrogens with one attached hydrogen (secondary N) is 1. The second-order valence-corrected chi connectivity index (χ2v) is 3.22. The highest BCUT2D eigenvalue weighted by Gasteiger charge is 1.99. The topological polar surface area (TPSA) is 75.6 Å². The summed E-state index contributed by atoms with van der Waals surface area (Å²) < 4.78 is 4.99. The first-order valence-corrected chi connectivity index (χ1v) is 4.93. The number of hydrogen-bond donors (Lipinski definition) is 2. The van der Waals surface area contributed by atoms with E-state index in [9.17, 15) is 9.59 Å². The molecule has 1 aromatic rings. The summed E-state index contributed by atoms with van der Waals surface area (Å²) in [7, 11) is 1.57. The number of aliphatic carboxylic acids is 1. The van der Waals surface area contributed by atoms with E-state index < -0.39 is 11.9 Å². The van der Waals surface area contributed by atoms with Crippen LogP contribution in [0.1, 0.15) is 5.56 Å².